The lowest BCUT2D eigenvalue weighted by Gasteiger charge is -2.11. The van der Waals surface area contributed by atoms with E-state index in [1.165, 1.54) is 6.07 Å². The Hall–Kier alpha value is -2.83. The van der Waals surface area contributed by atoms with Gasteiger partial charge in [-0.25, -0.2) is 4.79 Å². The van der Waals surface area contributed by atoms with E-state index in [0.717, 1.165) is 10.9 Å². The predicted octanol–water partition coefficient (Wildman–Crippen LogP) is 1.04. The van der Waals surface area contributed by atoms with Crippen LogP contribution in [0.1, 0.15) is 18.1 Å². The molecule has 0 aliphatic heterocycles. The van der Waals surface area contributed by atoms with Crippen LogP contribution in [0.25, 0.3) is 11.0 Å². The summed E-state index contributed by atoms with van der Waals surface area (Å²) >= 11 is 0. The number of benzene rings is 1. The third-order valence-electron chi connectivity index (χ3n) is 3.50. The van der Waals surface area contributed by atoms with E-state index in [9.17, 15) is 14.4 Å². The van der Waals surface area contributed by atoms with E-state index in [1.54, 1.807) is 26.0 Å². The molecule has 0 aliphatic carbocycles. The second-order valence-electron chi connectivity index (χ2n) is 5.33. The van der Waals surface area contributed by atoms with E-state index in [-0.39, 0.29) is 19.1 Å². The normalized spacial score (nSPS) is 10.5. The number of amides is 2. The highest BCUT2D eigenvalue weighted by atomic mass is 16.5. The van der Waals surface area contributed by atoms with E-state index in [0.29, 0.717) is 23.4 Å². The summed E-state index contributed by atoms with van der Waals surface area (Å²) in [6, 6.07) is 4.93. The maximum atomic E-state index is 11.7. The van der Waals surface area contributed by atoms with Crippen LogP contribution in [0.15, 0.2) is 27.4 Å². The predicted molar refractivity (Wildman–Crippen MR) is 89.1 cm³/mol. The summed E-state index contributed by atoms with van der Waals surface area (Å²) in [5, 5.41) is 5.86. The van der Waals surface area contributed by atoms with Gasteiger partial charge in [-0.1, -0.05) is 0 Å². The van der Waals surface area contributed by atoms with Crippen molar-refractivity contribution in [3.8, 4) is 5.75 Å². The first-order chi connectivity index (χ1) is 11.4. The summed E-state index contributed by atoms with van der Waals surface area (Å²) in [7, 11) is 0. The minimum absolute atomic E-state index is 0.0964. The number of likely N-dealkylation sites (N-methyl/N-ethyl adjacent to an activating group) is 1. The van der Waals surface area contributed by atoms with Gasteiger partial charge in [0, 0.05) is 23.6 Å². The number of fused-ring (bicyclic) bond motifs is 1. The van der Waals surface area contributed by atoms with Crippen molar-refractivity contribution in [2.24, 2.45) is 0 Å². The number of carbonyl (C=O) groups is 2. The van der Waals surface area contributed by atoms with Crippen molar-refractivity contribution in [2.75, 3.05) is 19.7 Å². The van der Waals surface area contributed by atoms with Gasteiger partial charge in [0.05, 0.1) is 6.54 Å². The fourth-order valence-corrected chi connectivity index (χ4v) is 2.29. The van der Waals surface area contributed by atoms with E-state index in [4.69, 9.17) is 9.15 Å². The van der Waals surface area contributed by atoms with Crippen LogP contribution in [0, 0.1) is 13.8 Å². The number of hydrogen-bond acceptors (Lipinski definition) is 5. The summed E-state index contributed by atoms with van der Waals surface area (Å²) in [4.78, 5) is 34.5. The van der Waals surface area contributed by atoms with Gasteiger partial charge in [-0.2, -0.15) is 0 Å². The van der Waals surface area contributed by atoms with E-state index in [1.807, 2.05) is 6.92 Å². The number of hydrogen-bond donors (Lipinski definition) is 2. The maximum Gasteiger partial charge on any atom is 0.336 e. The maximum absolute atomic E-state index is 11.7. The molecule has 2 amide bonds. The smallest absolute Gasteiger partial charge is 0.336 e. The SMILES string of the molecule is CCNC(=O)CNC(=O)COc1ccc2c(C)cc(=O)oc2c1C. The molecule has 0 radical (unpaired) electrons. The molecule has 0 atom stereocenters. The minimum atomic E-state index is -0.431. The topological polar surface area (TPSA) is 97.6 Å². The fraction of sp³-hybridized carbons (Fsp3) is 0.353. The average molecular weight is 332 g/mol. The van der Waals surface area contributed by atoms with Gasteiger partial charge in [-0.05, 0) is 38.5 Å². The Morgan fingerprint density at radius 2 is 1.92 bits per heavy atom. The molecule has 7 heteroatoms. The summed E-state index contributed by atoms with van der Waals surface area (Å²) in [5.41, 5.74) is 1.47. The first-order valence-electron chi connectivity index (χ1n) is 7.62. The Morgan fingerprint density at radius 1 is 1.17 bits per heavy atom. The molecule has 2 rings (SSSR count). The van der Waals surface area contributed by atoms with Gasteiger partial charge in [0.25, 0.3) is 5.91 Å². The lowest BCUT2D eigenvalue weighted by Crippen LogP contribution is -2.38. The van der Waals surface area contributed by atoms with Crippen molar-refractivity contribution in [1.29, 1.82) is 0 Å². The van der Waals surface area contributed by atoms with Crippen molar-refractivity contribution in [2.45, 2.75) is 20.8 Å². The molecule has 0 saturated carbocycles. The van der Waals surface area contributed by atoms with Crippen molar-refractivity contribution >= 4 is 22.8 Å². The van der Waals surface area contributed by atoms with Crippen LogP contribution in [0.5, 0.6) is 5.75 Å². The van der Waals surface area contributed by atoms with Crippen LogP contribution in [0.2, 0.25) is 0 Å². The number of carbonyl (C=O) groups excluding carboxylic acids is 2. The van der Waals surface area contributed by atoms with E-state index in [2.05, 4.69) is 10.6 Å². The van der Waals surface area contributed by atoms with Gasteiger partial charge in [-0.3, -0.25) is 9.59 Å². The highest BCUT2D eigenvalue weighted by molar-refractivity contribution is 5.86. The molecule has 7 nitrogen and oxygen atoms in total. The Labute approximate surface area is 139 Å². The van der Waals surface area contributed by atoms with Crippen molar-refractivity contribution < 1.29 is 18.7 Å². The summed E-state index contributed by atoms with van der Waals surface area (Å²) in [6.45, 7) is 5.56. The number of aryl methyl sites for hydroxylation is 2. The molecular formula is C17H20N2O5. The largest absolute Gasteiger partial charge is 0.483 e. The molecule has 0 aliphatic rings. The summed E-state index contributed by atoms with van der Waals surface area (Å²) in [5.74, 6) is -0.221. The Morgan fingerprint density at radius 3 is 2.62 bits per heavy atom. The molecular weight excluding hydrogens is 312 g/mol. The van der Waals surface area contributed by atoms with Crippen LogP contribution >= 0.6 is 0 Å². The molecule has 0 unspecified atom stereocenters. The van der Waals surface area contributed by atoms with Crippen molar-refractivity contribution in [3.05, 3.63) is 39.7 Å². The standard InChI is InChI=1S/C17H20N2O5/c1-4-18-14(20)8-19-15(21)9-23-13-6-5-12-10(2)7-16(22)24-17(12)11(13)3/h5-7H,4,8-9H2,1-3H3,(H,18,20)(H,19,21). The molecule has 0 spiro atoms. The molecule has 24 heavy (non-hydrogen) atoms. The highest BCUT2D eigenvalue weighted by Crippen LogP contribution is 2.27. The summed E-state index contributed by atoms with van der Waals surface area (Å²) < 4.78 is 10.7. The fourth-order valence-electron chi connectivity index (χ4n) is 2.29. The summed E-state index contributed by atoms with van der Waals surface area (Å²) in [6.07, 6.45) is 0. The zero-order valence-electron chi connectivity index (χ0n) is 13.9. The van der Waals surface area contributed by atoms with E-state index >= 15 is 0 Å². The van der Waals surface area contributed by atoms with Crippen LogP contribution in [-0.2, 0) is 9.59 Å². The first-order valence-corrected chi connectivity index (χ1v) is 7.62. The average Bonchev–Trinajstić information content (AvgIpc) is 2.53. The van der Waals surface area contributed by atoms with Gasteiger partial charge < -0.3 is 19.8 Å². The molecule has 1 aromatic heterocycles. The van der Waals surface area contributed by atoms with E-state index < -0.39 is 11.5 Å². The lowest BCUT2D eigenvalue weighted by molar-refractivity contribution is -0.127. The van der Waals surface area contributed by atoms with Gasteiger partial charge >= 0.3 is 5.63 Å². The molecule has 1 aromatic carbocycles. The van der Waals surface area contributed by atoms with Crippen LogP contribution in [0.3, 0.4) is 0 Å². The second kappa shape index (κ2) is 7.63. The Bertz CT molecular complexity index is 826. The number of ether oxygens (including phenoxy) is 1. The van der Waals surface area contributed by atoms with Gasteiger partial charge in [-0.15, -0.1) is 0 Å². The zero-order chi connectivity index (χ0) is 17.7. The highest BCUT2D eigenvalue weighted by Gasteiger charge is 2.12. The minimum Gasteiger partial charge on any atom is -0.483 e. The molecule has 2 aromatic rings. The van der Waals surface area contributed by atoms with Crippen LogP contribution in [-0.4, -0.2) is 31.5 Å². The number of rotatable bonds is 6. The van der Waals surface area contributed by atoms with Crippen molar-refractivity contribution in [1.82, 2.24) is 10.6 Å². The van der Waals surface area contributed by atoms with Gasteiger partial charge in [0.2, 0.25) is 5.91 Å². The molecule has 0 fully saturated rings. The first kappa shape index (κ1) is 17.5. The lowest BCUT2D eigenvalue weighted by atomic mass is 10.1. The zero-order valence-corrected chi connectivity index (χ0v) is 13.9. The molecule has 1 heterocycles. The molecule has 0 saturated heterocycles. The van der Waals surface area contributed by atoms with Crippen LogP contribution < -0.4 is 21.0 Å². The third kappa shape index (κ3) is 4.13. The molecule has 128 valence electrons. The Balaban J connectivity index is 2.05. The van der Waals surface area contributed by atoms with Crippen molar-refractivity contribution in [3.63, 3.8) is 0 Å². The van der Waals surface area contributed by atoms with Crippen LogP contribution in [0.4, 0.5) is 0 Å². The molecule has 0 bridgehead atoms. The van der Waals surface area contributed by atoms with Gasteiger partial charge in [0.1, 0.15) is 11.3 Å². The van der Waals surface area contributed by atoms with Gasteiger partial charge in [0.15, 0.2) is 6.61 Å². The second-order valence-corrected chi connectivity index (χ2v) is 5.33. The third-order valence-corrected chi connectivity index (χ3v) is 3.50. The number of nitrogens with one attached hydrogen (secondary N) is 2. The monoisotopic (exact) mass is 332 g/mol. The quantitative estimate of drug-likeness (QED) is 0.770. The Kier molecular flexibility index (Phi) is 5.57. The molecule has 2 N–H and O–H groups in total.